The highest BCUT2D eigenvalue weighted by molar-refractivity contribution is 9.10. The molecule has 0 fully saturated rings. The van der Waals surface area contributed by atoms with Crippen molar-refractivity contribution in [1.29, 1.82) is 0 Å². The molecule has 32 heavy (non-hydrogen) atoms. The van der Waals surface area contributed by atoms with E-state index in [-0.39, 0.29) is 5.91 Å². The molecule has 1 aliphatic rings. The van der Waals surface area contributed by atoms with Crippen LogP contribution >= 0.6 is 15.9 Å². The van der Waals surface area contributed by atoms with Gasteiger partial charge in [0.25, 0.3) is 0 Å². The lowest BCUT2D eigenvalue weighted by Crippen LogP contribution is -2.36. The number of nitrogens with zero attached hydrogens (tertiary/aromatic N) is 2. The van der Waals surface area contributed by atoms with Crippen LogP contribution in [0.25, 0.3) is 11.4 Å². The van der Waals surface area contributed by atoms with Crippen LogP contribution in [0.3, 0.4) is 0 Å². The van der Waals surface area contributed by atoms with Gasteiger partial charge in [-0.3, -0.25) is 4.79 Å². The number of halogens is 1. The molecule has 0 radical (unpaired) electrons. The van der Waals surface area contributed by atoms with Crippen molar-refractivity contribution in [3.8, 4) is 11.4 Å². The summed E-state index contributed by atoms with van der Waals surface area (Å²) in [6.45, 7) is 5.21. The fourth-order valence-electron chi connectivity index (χ4n) is 5.20. The van der Waals surface area contributed by atoms with E-state index in [2.05, 4.69) is 93.2 Å². The lowest BCUT2D eigenvalue weighted by atomic mass is 9.79. The normalized spacial score (nSPS) is 16.8. The van der Waals surface area contributed by atoms with E-state index in [0.29, 0.717) is 18.8 Å². The van der Waals surface area contributed by atoms with Crippen LogP contribution in [0.1, 0.15) is 63.5 Å². The molecule has 2 heterocycles. The van der Waals surface area contributed by atoms with Crippen LogP contribution in [0, 0.1) is 5.92 Å². The molecule has 1 unspecified atom stereocenters. The van der Waals surface area contributed by atoms with Crippen LogP contribution in [-0.4, -0.2) is 22.0 Å². The Balaban J connectivity index is 1.62. The fourth-order valence-corrected chi connectivity index (χ4v) is 5.47. The minimum atomic E-state index is -0.438. The Labute approximate surface area is 199 Å². The molecule has 4 rings (SSSR count). The molecule has 1 amide bonds. The molecule has 3 aromatic rings. The highest BCUT2D eigenvalue weighted by Crippen LogP contribution is 2.49. The maximum atomic E-state index is 13.0. The molecule has 1 N–H and O–H groups in total. The number of rotatable bonds is 10. The van der Waals surface area contributed by atoms with E-state index in [0.717, 1.165) is 35.2 Å². The summed E-state index contributed by atoms with van der Waals surface area (Å²) in [5.41, 5.74) is 3.10. The zero-order chi connectivity index (χ0) is 22.6. The van der Waals surface area contributed by atoms with Gasteiger partial charge in [-0.1, -0.05) is 79.0 Å². The summed E-state index contributed by atoms with van der Waals surface area (Å²) in [6.07, 6.45) is 9.72. The maximum Gasteiger partial charge on any atom is 0.220 e. The Hall–Kier alpha value is -2.40. The van der Waals surface area contributed by atoms with Crippen LogP contribution in [-0.2, 0) is 10.3 Å². The topological polar surface area (TPSA) is 46.9 Å². The minimum absolute atomic E-state index is 0.129. The first-order chi connectivity index (χ1) is 15.6. The summed E-state index contributed by atoms with van der Waals surface area (Å²) in [7, 11) is 0. The van der Waals surface area contributed by atoms with E-state index < -0.39 is 5.54 Å². The molecule has 1 atom stereocenters. The van der Waals surface area contributed by atoms with Crippen molar-refractivity contribution in [1.82, 2.24) is 14.9 Å². The van der Waals surface area contributed by atoms with Gasteiger partial charge in [-0.25, -0.2) is 4.98 Å². The molecule has 1 aromatic heterocycles. The zero-order valence-corrected chi connectivity index (χ0v) is 20.6. The molecule has 0 aliphatic carbocycles. The van der Waals surface area contributed by atoms with Gasteiger partial charge in [-0.05, 0) is 48.4 Å². The molecule has 0 spiro atoms. The Morgan fingerprint density at radius 2 is 1.81 bits per heavy atom. The molecule has 0 saturated carbocycles. The lowest BCUT2D eigenvalue weighted by Gasteiger charge is -2.33. The number of hydrogen-bond acceptors (Lipinski definition) is 2. The summed E-state index contributed by atoms with van der Waals surface area (Å²) >= 11 is 3.57. The first-order valence-electron chi connectivity index (χ1n) is 11.8. The quantitative estimate of drug-likeness (QED) is 0.348. The predicted octanol–water partition coefficient (Wildman–Crippen LogP) is 6.53. The van der Waals surface area contributed by atoms with Crippen molar-refractivity contribution in [2.75, 3.05) is 6.54 Å². The monoisotopic (exact) mass is 493 g/mol. The smallest absolute Gasteiger partial charge is 0.220 e. The number of imidazole rings is 1. The average molecular weight is 494 g/mol. The molecule has 1 aliphatic heterocycles. The zero-order valence-electron chi connectivity index (χ0n) is 19.0. The Morgan fingerprint density at radius 1 is 1.09 bits per heavy atom. The summed E-state index contributed by atoms with van der Waals surface area (Å²) in [5, 5.41) is 3.22. The van der Waals surface area contributed by atoms with E-state index in [1.54, 1.807) is 0 Å². The van der Waals surface area contributed by atoms with Gasteiger partial charge in [0.15, 0.2) is 0 Å². The molecule has 2 aromatic carbocycles. The first-order valence-corrected chi connectivity index (χ1v) is 12.6. The van der Waals surface area contributed by atoms with Crippen molar-refractivity contribution in [3.63, 3.8) is 0 Å². The number of carbonyl (C=O) groups excluding carboxylic acids is 1. The summed E-state index contributed by atoms with van der Waals surface area (Å²) in [6, 6.07) is 16.9. The van der Waals surface area contributed by atoms with Crippen molar-refractivity contribution >= 4 is 21.8 Å². The van der Waals surface area contributed by atoms with Gasteiger partial charge in [0.05, 0.1) is 5.54 Å². The van der Waals surface area contributed by atoms with Crippen molar-refractivity contribution in [2.45, 2.75) is 57.9 Å². The van der Waals surface area contributed by atoms with Gasteiger partial charge in [-0.15, -0.1) is 0 Å². The second-order valence-electron chi connectivity index (χ2n) is 8.78. The second kappa shape index (κ2) is 10.0. The van der Waals surface area contributed by atoms with Gasteiger partial charge < -0.3 is 9.88 Å². The highest BCUT2D eigenvalue weighted by atomic mass is 79.9. The van der Waals surface area contributed by atoms with E-state index >= 15 is 0 Å². The Morgan fingerprint density at radius 3 is 2.53 bits per heavy atom. The average Bonchev–Trinajstić information content (AvgIpc) is 3.38. The van der Waals surface area contributed by atoms with Crippen LogP contribution in [0.4, 0.5) is 0 Å². The number of carbonyl (C=O) groups is 1. The van der Waals surface area contributed by atoms with Crippen LogP contribution in [0.2, 0.25) is 0 Å². The third-order valence-electron chi connectivity index (χ3n) is 6.68. The molecule has 4 nitrogen and oxygen atoms in total. The van der Waals surface area contributed by atoms with Gasteiger partial charge >= 0.3 is 0 Å². The second-order valence-corrected chi connectivity index (χ2v) is 9.70. The summed E-state index contributed by atoms with van der Waals surface area (Å²) < 4.78 is 3.30. The molecule has 168 valence electrons. The third-order valence-corrected chi connectivity index (χ3v) is 7.21. The van der Waals surface area contributed by atoms with Crippen LogP contribution in [0.5, 0.6) is 0 Å². The van der Waals surface area contributed by atoms with E-state index in [4.69, 9.17) is 0 Å². The van der Waals surface area contributed by atoms with Crippen LogP contribution in [0.15, 0.2) is 65.4 Å². The number of nitrogens with one attached hydrogen (secondary N) is 1. The Bertz CT molecular complexity index is 1050. The molecular formula is C27H32BrN3O. The summed E-state index contributed by atoms with van der Waals surface area (Å²) in [4.78, 5) is 17.6. The van der Waals surface area contributed by atoms with Gasteiger partial charge in [0, 0.05) is 35.4 Å². The standard InChI is InChI=1S/C27H32BrN3O/c1-3-7-20(8-4-2)19-30-25(32)15-16-27(21-11-13-22(28)14-12-21)24-10-6-5-9-23(24)26-29-17-18-31(26)27/h5-6,9-14,17-18,20H,3-4,7-8,15-16,19H2,1-2H3,(H,30,32). The van der Waals surface area contributed by atoms with Crippen molar-refractivity contribution < 1.29 is 4.79 Å². The van der Waals surface area contributed by atoms with Crippen molar-refractivity contribution in [2.24, 2.45) is 5.92 Å². The largest absolute Gasteiger partial charge is 0.356 e. The van der Waals surface area contributed by atoms with Gasteiger partial charge in [0.2, 0.25) is 5.91 Å². The van der Waals surface area contributed by atoms with E-state index in [1.165, 1.54) is 24.0 Å². The lowest BCUT2D eigenvalue weighted by molar-refractivity contribution is -0.121. The van der Waals surface area contributed by atoms with E-state index in [1.807, 2.05) is 12.4 Å². The van der Waals surface area contributed by atoms with E-state index in [9.17, 15) is 4.79 Å². The molecule has 0 bridgehead atoms. The third kappa shape index (κ3) is 4.27. The Kier molecular flexibility index (Phi) is 7.14. The van der Waals surface area contributed by atoms with Crippen LogP contribution < -0.4 is 5.32 Å². The van der Waals surface area contributed by atoms with Crippen molar-refractivity contribution in [3.05, 3.63) is 76.5 Å². The maximum absolute atomic E-state index is 13.0. The minimum Gasteiger partial charge on any atom is -0.356 e. The number of benzene rings is 2. The predicted molar refractivity (Wildman–Crippen MR) is 134 cm³/mol. The molecule has 5 heteroatoms. The highest BCUT2D eigenvalue weighted by Gasteiger charge is 2.44. The fraction of sp³-hybridized carbons (Fsp3) is 0.407. The molecular weight excluding hydrogens is 462 g/mol. The van der Waals surface area contributed by atoms with Gasteiger partial charge in [-0.2, -0.15) is 0 Å². The van der Waals surface area contributed by atoms with Gasteiger partial charge in [0.1, 0.15) is 5.82 Å². The SMILES string of the molecule is CCCC(CCC)CNC(=O)CCC1(c2ccc(Br)cc2)c2ccccc2-c2nccn21. The summed E-state index contributed by atoms with van der Waals surface area (Å²) in [5.74, 6) is 1.67. The number of amides is 1. The number of aromatic nitrogens is 2. The molecule has 0 saturated heterocycles. The first kappa shape index (κ1) is 22.8. The number of fused-ring (bicyclic) bond motifs is 3. The number of hydrogen-bond donors (Lipinski definition) is 1.